The van der Waals surface area contributed by atoms with Crippen LogP contribution in [0.3, 0.4) is 0 Å². The van der Waals surface area contributed by atoms with Gasteiger partial charge in [0.1, 0.15) is 6.04 Å². The van der Waals surface area contributed by atoms with Crippen molar-refractivity contribution in [1.82, 2.24) is 4.90 Å². The average Bonchev–Trinajstić information content (AvgIpc) is 2.94. The molecule has 1 unspecified atom stereocenters. The number of benzene rings is 1. The van der Waals surface area contributed by atoms with Crippen molar-refractivity contribution in [3.05, 3.63) is 27.7 Å². The van der Waals surface area contributed by atoms with E-state index < -0.39 is 12.0 Å². The van der Waals surface area contributed by atoms with Gasteiger partial charge in [-0.25, -0.2) is 4.79 Å². The standard InChI is InChI=1S/C14H15Cl2NO4/c1-20-12-9(15)6-8(7-10(12)16)13(18)17-5-3-4-11(17)14(19)21-2/h6-7,11H,3-5H2,1-2H3. The van der Waals surface area contributed by atoms with Gasteiger partial charge in [0.25, 0.3) is 5.91 Å². The monoisotopic (exact) mass is 331 g/mol. The first-order chi connectivity index (χ1) is 9.99. The summed E-state index contributed by atoms with van der Waals surface area (Å²) in [6.07, 6.45) is 1.35. The molecule has 1 aliphatic rings. The Bertz CT molecular complexity index is 553. The maximum Gasteiger partial charge on any atom is 0.328 e. The molecule has 21 heavy (non-hydrogen) atoms. The second-order valence-corrected chi connectivity index (χ2v) is 5.47. The fourth-order valence-electron chi connectivity index (χ4n) is 2.44. The molecule has 1 atom stereocenters. The van der Waals surface area contributed by atoms with Gasteiger partial charge in [-0.15, -0.1) is 0 Å². The number of esters is 1. The van der Waals surface area contributed by atoms with Gasteiger partial charge in [-0.3, -0.25) is 4.79 Å². The van der Waals surface area contributed by atoms with E-state index in [2.05, 4.69) is 0 Å². The van der Waals surface area contributed by atoms with Crippen LogP contribution in [0.4, 0.5) is 0 Å². The van der Waals surface area contributed by atoms with Crippen LogP contribution in [0.2, 0.25) is 10.0 Å². The van der Waals surface area contributed by atoms with Crippen LogP contribution in [0.25, 0.3) is 0 Å². The largest absolute Gasteiger partial charge is 0.494 e. The Labute approximate surface area is 132 Å². The topological polar surface area (TPSA) is 55.8 Å². The summed E-state index contributed by atoms with van der Waals surface area (Å²) in [4.78, 5) is 25.7. The first kappa shape index (κ1) is 15.9. The lowest BCUT2D eigenvalue weighted by molar-refractivity contribution is -0.145. The molecule has 0 radical (unpaired) electrons. The Morgan fingerprint density at radius 2 is 1.86 bits per heavy atom. The zero-order valence-corrected chi connectivity index (χ0v) is 13.2. The zero-order valence-electron chi connectivity index (χ0n) is 11.7. The average molecular weight is 332 g/mol. The summed E-state index contributed by atoms with van der Waals surface area (Å²) >= 11 is 12.1. The summed E-state index contributed by atoms with van der Waals surface area (Å²) < 4.78 is 9.78. The van der Waals surface area contributed by atoms with Gasteiger partial charge in [0.15, 0.2) is 5.75 Å². The number of likely N-dealkylation sites (tertiary alicyclic amines) is 1. The van der Waals surface area contributed by atoms with Crippen molar-refractivity contribution >= 4 is 35.1 Å². The molecule has 0 aromatic heterocycles. The Morgan fingerprint density at radius 3 is 2.38 bits per heavy atom. The second-order valence-electron chi connectivity index (χ2n) is 4.65. The second kappa shape index (κ2) is 6.54. The minimum Gasteiger partial charge on any atom is -0.494 e. The van der Waals surface area contributed by atoms with Gasteiger partial charge in [-0.2, -0.15) is 0 Å². The molecule has 2 rings (SSSR count). The molecule has 0 bridgehead atoms. The number of halogens is 2. The Hall–Kier alpha value is -1.46. The van der Waals surface area contributed by atoms with Crippen molar-refractivity contribution in [2.75, 3.05) is 20.8 Å². The van der Waals surface area contributed by atoms with Gasteiger partial charge in [0, 0.05) is 12.1 Å². The Kier molecular flexibility index (Phi) is 4.96. The molecule has 0 N–H and O–H groups in total. The minimum absolute atomic E-state index is 0.252. The van der Waals surface area contributed by atoms with E-state index in [1.165, 1.54) is 31.3 Å². The first-order valence-corrected chi connectivity index (χ1v) is 7.17. The van der Waals surface area contributed by atoms with Crippen molar-refractivity contribution in [3.63, 3.8) is 0 Å². The number of hydrogen-bond acceptors (Lipinski definition) is 4. The molecule has 1 heterocycles. The van der Waals surface area contributed by atoms with Crippen LogP contribution >= 0.6 is 23.2 Å². The van der Waals surface area contributed by atoms with E-state index in [4.69, 9.17) is 32.7 Å². The van der Waals surface area contributed by atoms with Gasteiger partial charge in [0.05, 0.1) is 24.3 Å². The number of hydrogen-bond donors (Lipinski definition) is 0. The SMILES string of the molecule is COC(=O)C1CCCN1C(=O)c1cc(Cl)c(OC)c(Cl)c1. The van der Waals surface area contributed by atoms with E-state index in [1.807, 2.05) is 0 Å². The molecule has 7 heteroatoms. The van der Waals surface area contributed by atoms with E-state index in [0.29, 0.717) is 24.3 Å². The smallest absolute Gasteiger partial charge is 0.328 e. The Balaban J connectivity index is 2.30. The number of carbonyl (C=O) groups is 2. The molecule has 0 spiro atoms. The van der Waals surface area contributed by atoms with Crippen LogP contribution in [0.15, 0.2) is 12.1 Å². The van der Waals surface area contributed by atoms with E-state index in [9.17, 15) is 9.59 Å². The number of methoxy groups -OCH3 is 2. The van der Waals surface area contributed by atoms with Crippen LogP contribution in [-0.2, 0) is 9.53 Å². The van der Waals surface area contributed by atoms with Gasteiger partial charge >= 0.3 is 5.97 Å². The van der Waals surface area contributed by atoms with Crippen LogP contribution in [-0.4, -0.2) is 43.6 Å². The van der Waals surface area contributed by atoms with E-state index in [0.717, 1.165) is 6.42 Å². The molecule has 5 nitrogen and oxygen atoms in total. The summed E-state index contributed by atoms with van der Waals surface area (Å²) in [5, 5.41) is 0.504. The number of ether oxygens (including phenoxy) is 2. The number of nitrogens with zero attached hydrogens (tertiary/aromatic N) is 1. The van der Waals surface area contributed by atoms with Crippen LogP contribution in [0.1, 0.15) is 23.2 Å². The fraction of sp³-hybridized carbons (Fsp3) is 0.429. The van der Waals surface area contributed by atoms with Gasteiger partial charge < -0.3 is 14.4 Å². The van der Waals surface area contributed by atoms with Crippen LogP contribution in [0.5, 0.6) is 5.75 Å². The molecule has 1 fully saturated rings. The lowest BCUT2D eigenvalue weighted by atomic mass is 10.1. The predicted octanol–water partition coefficient (Wildman–Crippen LogP) is 2.78. The van der Waals surface area contributed by atoms with Gasteiger partial charge in [-0.05, 0) is 25.0 Å². The maximum atomic E-state index is 12.5. The van der Waals surface area contributed by atoms with Gasteiger partial charge in [-0.1, -0.05) is 23.2 Å². The summed E-state index contributed by atoms with van der Waals surface area (Å²) in [5.41, 5.74) is 0.321. The molecule has 114 valence electrons. The molecule has 0 aliphatic carbocycles. The molecule has 1 saturated heterocycles. The highest BCUT2D eigenvalue weighted by atomic mass is 35.5. The molecule has 1 amide bonds. The van der Waals surface area contributed by atoms with E-state index in [1.54, 1.807) is 0 Å². The van der Waals surface area contributed by atoms with E-state index in [-0.39, 0.29) is 16.0 Å². The highest BCUT2D eigenvalue weighted by molar-refractivity contribution is 6.37. The normalized spacial score (nSPS) is 17.7. The van der Waals surface area contributed by atoms with Crippen molar-refractivity contribution < 1.29 is 19.1 Å². The fourth-order valence-corrected chi connectivity index (χ4v) is 3.08. The third-order valence-corrected chi connectivity index (χ3v) is 4.00. The predicted molar refractivity (Wildman–Crippen MR) is 79.1 cm³/mol. The summed E-state index contributed by atoms with van der Waals surface area (Å²) in [7, 11) is 2.76. The summed E-state index contributed by atoms with van der Waals surface area (Å²) in [5.74, 6) is -0.387. The van der Waals surface area contributed by atoms with E-state index >= 15 is 0 Å². The van der Waals surface area contributed by atoms with Crippen LogP contribution in [0, 0.1) is 0 Å². The minimum atomic E-state index is -0.554. The highest BCUT2D eigenvalue weighted by Crippen LogP contribution is 2.34. The quantitative estimate of drug-likeness (QED) is 0.799. The third kappa shape index (κ3) is 3.09. The van der Waals surface area contributed by atoms with Crippen molar-refractivity contribution in [2.24, 2.45) is 0 Å². The van der Waals surface area contributed by atoms with Crippen molar-refractivity contribution in [2.45, 2.75) is 18.9 Å². The highest BCUT2D eigenvalue weighted by Gasteiger charge is 2.35. The molecule has 1 aliphatic heterocycles. The summed E-state index contributed by atoms with van der Waals surface area (Å²) in [6, 6.07) is 2.42. The number of rotatable bonds is 3. The van der Waals surface area contributed by atoms with Crippen molar-refractivity contribution in [1.29, 1.82) is 0 Å². The van der Waals surface area contributed by atoms with Crippen LogP contribution < -0.4 is 4.74 Å². The molecule has 1 aromatic carbocycles. The van der Waals surface area contributed by atoms with Gasteiger partial charge in [0.2, 0.25) is 0 Å². The number of amides is 1. The Morgan fingerprint density at radius 1 is 1.24 bits per heavy atom. The lowest BCUT2D eigenvalue weighted by Crippen LogP contribution is -2.41. The number of carbonyl (C=O) groups excluding carboxylic acids is 2. The molecular weight excluding hydrogens is 317 g/mol. The third-order valence-electron chi connectivity index (χ3n) is 3.44. The lowest BCUT2D eigenvalue weighted by Gasteiger charge is -2.23. The summed E-state index contributed by atoms with van der Waals surface area (Å²) in [6.45, 7) is 0.500. The first-order valence-electron chi connectivity index (χ1n) is 6.41. The molecule has 1 aromatic rings. The molecule has 0 saturated carbocycles. The maximum absolute atomic E-state index is 12.5. The zero-order chi connectivity index (χ0) is 15.6. The molecular formula is C14H15Cl2NO4. The van der Waals surface area contributed by atoms with Crippen molar-refractivity contribution in [3.8, 4) is 5.75 Å².